The second-order valence-electron chi connectivity index (χ2n) is 5.63. The number of Topliss-reactive ketones (excluding diaryl/α,β-unsaturated/α-hetero) is 1. The Balaban J connectivity index is 1.99. The van der Waals surface area contributed by atoms with E-state index in [1.807, 2.05) is 30.3 Å². The number of aromatic nitrogens is 1. The summed E-state index contributed by atoms with van der Waals surface area (Å²) in [5.74, 6) is 0.668. The second kappa shape index (κ2) is 5.71. The van der Waals surface area contributed by atoms with E-state index in [1.54, 1.807) is 6.20 Å². The summed E-state index contributed by atoms with van der Waals surface area (Å²) in [7, 11) is 0. The van der Waals surface area contributed by atoms with E-state index in [-0.39, 0.29) is 11.7 Å². The fraction of sp³-hybridized carbons (Fsp3) is 0.412. The van der Waals surface area contributed by atoms with Crippen molar-refractivity contribution in [3.63, 3.8) is 0 Å². The Morgan fingerprint density at radius 2 is 2.05 bits per heavy atom. The van der Waals surface area contributed by atoms with Crippen molar-refractivity contribution in [2.45, 2.75) is 25.7 Å². The molecule has 0 amide bonds. The molecular formula is C17H20N2O. The summed E-state index contributed by atoms with van der Waals surface area (Å²) in [6.45, 7) is 0.611. The smallest absolute Gasteiger partial charge is 0.166 e. The molecule has 0 bridgehead atoms. The van der Waals surface area contributed by atoms with Crippen LogP contribution in [0.3, 0.4) is 0 Å². The number of benzene rings is 1. The average Bonchev–Trinajstić information content (AvgIpc) is 2.53. The minimum atomic E-state index is 0.0829. The SMILES string of the molecule is NCC1CCCCC1C(=O)c1cccc2ncccc12. The third-order valence-electron chi connectivity index (χ3n) is 4.46. The molecule has 1 aromatic carbocycles. The lowest BCUT2D eigenvalue weighted by Crippen LogP contribution is -2.32. The zero-order valence-corrected chi connectivity index (χ0v) is 11.6. The highest BCUT2D eigenvalue weighted by Crippen LogP contribution is 2.33. The molecule has 104 valence electrons. The van der Waals surface area contributed by atoms with Gasteiger partial charge in [0.15, 0.2) is 5.78 Å². The lowest BCUT2D eigenvalue weighted by molar-refractivity contribution is 0.0831. The van der Waals surface area contributed by atoms with Crippen LogP contribution >= 0.6 is 0 Å². The Labute approximate surface area is 119 Å². The molecule has 1 fully saturated rings. The summed E-state index contributed by atoms with van der Waals surface area (Å²) < 4.78 is 0. The van der Waals surface area contributed by atoms with Gasteiger partial charge in [0.05, 0.1) is 5.52 Å². The van der Waals surface area contributed by atoms with Gasteiger partial charge >= 0.3 is 0 Å². The van der Waals surface area contributed by atoms with Gasteiger partial charge in [0.25, 0.3) is 0 Å². The predicted octanol–water partition coefficient (Wildman–Crippen LogP) is 3.18. The Morgan fingerprint density at radius 3 is 2.90 bits per heavy atom. The van der Waals surface area contributed by atoms with Gasteiger partial charge in [-0.05, 0) is 37.4 Å². The minimum Gasteiger partial charge on any atom is -0.330 e. The third-order valence-corrected chi connectivity index (χ3v) is 4.46. The molecule has 1 aliphatic carbocycles. The first kappa shape index (κ1) is 13.3. The number of nitrogens with two attached hydrogens (primary N) is 1. The number of hydrogen-bond acceptors (Lipinski definition) is 3. The zero-order valence-electron chi connectivity index (χ0n) is 11.6. The summed E-state index contributed by atoms with van der Waals surface area (Å²) >= 11 is 0. The van der Waals surface area contributed by atoms with Crippen molar-refractivity contribution in [1.82, 2.24) is 4.98 Å². The second-order valence-corrected chi connectivity index (χ2v) is 5.63. The van der Waals surface area contributed by atoms with Crippen molar-refractivity contribution in [2.24, 2.45) is 17.6 Å². The number of fused-ring (bicyclic) bond motifs is 1. The molecule has 0 spiro atoms. The quantitative estimate of drug-likeness (QED) is 0.870. The summed E-state index contributed by atoms with van der Waals surface area (Å²) in [4.78, 5) is 17.2. The molecule has 2 N–H and O–H groups in total. The third kappa shape index (κ3) is 2.34. The normalized spacial score (nSPS) is 22.9. The minimum absolute atomic E-state index is 0.0829. The lowest BCUT2D eigenvalue weighted by atomic mass is 9.75. The molecule has 1 saturated carbocycles. The Bertz CT molecular complexity index is 618. The maximum absolute atomic E-state index is 12.9. The summed E-state index contributed by atoms with van der Waals surface area (Å²) in [5.41, 5.74) is 7.55. The van der Waals surface area contributed by atoms with Crippen LogP contribution in [0.5, 0.6) is 0 Å². The summed E-state index contributed by atoms with van der Waals surface area (Å²) in [6, 6.07) is 9.67. The van der Waals surface area contributed by atoms with Crippen molar-refractivity contribution in [2.75, 3.05) is 6.54 Å². The maximum Gasteiger partial charge on any atom is 0.166 e. The van der Waals surface area contributed by atoms with Crippen LogP contribution in [-0.4, -0.2) is 17.3 Å². The molecule has 2 aromatic rings. The Morgan fingerprint density at radius 1 is 1.20 bits per heavy atom. The van der Waals surface area contributed by atoms with E-state index >= 15 is 0 Å². The highest BCUT2D eigenvalue weighted by molar-refractivity contribution is 6.08. The standard InChI is InChI=1S/C17H20N2O/c18-11-12-5-1-2-6-13(12)17(20)15-7-3-9-16-14(15)8-4-10-19-16/h3-4,7-10,12-13H,1-2,5-6,11,18H2. The van der Waals surface area contributed by atoms with Gasteiger partial charge in [0, 0.05) is 23.1 Å². The Kier molecular flexibility index (Phi) is 3.79. The van der Waals surface area contributed by atoms with Crippen molar-refractivity contribution < 1.29 is 4.79 Å². The first-order valence-corrected chi connectivity index (χ1v) is 7.39. The van der Waals surface area contributed by atoms with Crippen LogP contribution in [0.2, 0.25) is 0 Å². The van der Waals surface area contributed by atoms with Gasteiger partial charge in [0.1, 0.15) is 0 Å². The lowest BCUT2D eigenvalue weighted by Gasteiger charge is -2.29. The summed E-state index contributed by atoms with van der Waals surface area (Å²) in [5, 5.41) is 0.960. The highest BCUT2D eigenvalue weighted by atomic mass is 16.1. The largest absolute Gasteiger partial charge is 0.330 e. The van der Waals surface area contributed by atoms with Crippen LogP contribution in [0.15, 0.2) is 36.5 Å². The molecule has 20 heavy (non-hydrogen) atoms. The van der Waals surface area contributed by atoms with Gasteiger partial charge in [0.2, 0.25) is 0 Å². The topological polar surface area (TPSA) is 56.0 Å². The molecule has 3 heteroatoms. The number of pyridine rings is 1. The van der Waals surface area contributed by atoms with E-state index in [4.69, 9.17) is 5.73 Å². The van der Waals surface area contributed by atoms with E-state index in [0.717, 1.165) is 35.7 Å². The van der Waals surface area contributed by atoms with Gasteiger partial charge in [-0.3, -0.25) is 9.78 Å². The number of rotatable bonds is 3. The van der Waals surface area contributed by atoms with Crippen molar-refractivity contribution in [3.8, 4) is 0 Å². The van der Waals surface area contributed by atoms with Crippen LogP contribution in [0.25, 0.3) is 10.9 Å². The number of ketones is 1. The van der Waals surface area contributed by atoms with E-state index in [9.17, 15) is 4.79 Å². The molecular weight excluding hydrogens is 248 g/mol. The molecule has 0 saturated heterocycles. The van der Waals surface area contributed by atoms with Gasteiger partial charge in [-0.1, -0.05) is 31.0 Å². The number of carbonyl (C=O) groups is 1. The molecule has 2 atom stereocenters. The van der Waals surface area contributed by atoms with Gasteiger partial charge in [-0.15, -0.1) is 0 Å². The fourth-order valence-electron chi connectivity index (χ4n) is 3.35. The van der Waals surface area contributed by atoms with Crippen LogP contribution in [0.1, 0.15) is 36.0 Å². The van der Waals surface area contributed by atoms with Crippen molar-refractivity contribution in [1.29, 1.82) is 0 Å². The molecule has 3 nitrogen and oxygen atoms in total. The van der Waals surface area contributed by atoms with Crippen LogP contribution < -0.4 is 5.73 Å². The van der Waals surface area contributed by atoms with E-state index in [2.05, 4.69) is 4.98 Å². The first-order valence-electron chi connectivity index (χ1n) is 7.39. The van der Waals surface area contributed by atoms with E-state index in [1.165, 1.54) is 6.42 Å². The van der Waals surface area contributed by atoms with E-state index in [0.29, 0.717) is 12.5 Å². The monoisotopic (exact) mass is 268 g/mol. The highest BCUT2D eigenvalue weighted by Gasteiger charge is 2.31. The molecule has 3 rings (SSSR count). The zero-order chi connectivity index (χ0) is 13.9. The molecule has 1 aromatic heterocycles. The summed E-state index contributed by atoms with van der Waals surface area (Å²) in [6.07, 6.45) is 6.14. The number of hydrogen-bond donors (Lipinski definition) is 1. The van der Waals surface area contributed by atoms with Crippen molar-refractivity contribution in [3.05, 3.63) is 42.1 Å². The average molecular weight is 268 g/mol. The van der Waals surface area contributed by atoms with Crippen LogP contribution in [0.4, 0.5) is 0 Å². The predicted molar refractivity (Wildman–Crippen MR) is 80.6 cm³/mol. The molecule has 1 aliphatic rings. The maximum atomic E-state index is 12.9. The van der Waals surface area contributed by atoms with Crippen LogP contribution in [-0.2, 0) is 0 Å². The van der Waals surface area contributed by atoms with Crippen LogP contribution in [0, 0.1) is 11.8 Å². The molecule has 2 unspecified atom stereocenters. The molecule has 0 radical (unpaired) electrons. The van der Waals surface area contributed by atoms with Gasteiger partial charge < -0.3 is 5.73 Å². The van der Waals surface area contributed by atoms with Gasteiger partial charge in [-0.25, -0.2) is 0 Å². The Hall–Kier alpha value is -1.74. The van der Waals surface area contributed by atoms with Gasteiger partial charge in [-0.2, -0.15) is 0 Å². The van der Waals surface area contributed by atoms with E-state index < -0.39 is 0 Å². The molecule has 0 aliphatic heterocycles. The number of nitrogens with zero attached hydrogens (tertiary/aromatic N) is 1. The first-order chi connectivity index (χ1) is 9.81. The van der Waals surface area contributed by atoms with Crippen molar-refractivity contribution >= 4 is 16.7 Å². The fourth-order valence-corrected chi connectivity index (χ4v) is 3.35. The number of carbonyl (C=O) groups excluding carboxylic acids is 1. The molecule has 1 heterocycles.